The van der Waals surface area contributed by atoms with E-state index in [9.17, 15) is 13.2 Å². The van der Waals surface area contributed by atoms with Crippen LogP contribution < -0.4 is 10.5 Å². The summed E-state index contributed by atoms with van der Waals surface area (Å²) in [4.78, 5) is 6.44. The Hall–Kier alpha value is -1.70. The van der Waals surface area contributed by atoms with E-state index in [4.69, 9.17) is 27.6 Å². The van der Waals surface area contributed by atoms with Gasteiger partial charge in [-0.3, -0.25) is 0 Å². The minimum Gasteiger partial charge on any atom is -0.489 e. The molecule has 1 aromatic rings. The molecular weight excluding hydrogens is 323 g/mol. The molecule has 120 valence electrons. The first kappa shape index (κ1) is 16.7. The van der Waals surface area contributed by atoms with Crippen molar-refractivity contribution in [3.63, 3.8) is 0 Å². The molecule has 1 aromatic heterocycles. The van der Waals surface area contributed by atoms with Crippen LogP contribution in [-0.4, -0.2) is 30.9 Å². The number of nitrogens with zero attached hydrogens (tertiary/aromatic N) is 4. The summed E-state index contributed by atoms with van der Waals surface area (Å²) >= 11 is 5.94. The molecule has 0 saturated heterocycles. The summed E-state index contributed by atoms with van der Waals surface area (Å²) in [5.74, 6) is -1.70. The van der Waals surface area contributed by atoms with Crippen LogP contribution in [0.1, 0.15) is 24.1 Å². The zero-order chi connectivity index (χ0) is 16.5. The number of aromatic nitrogens is 1. The first-order chi connectivity index (χ1) is 10.2. The van der Waals surface area contributed by atoms with Gasteiger partial charge in [0.2, 0.25) is 0 Å². The number of nitrogens with two attached hydrogens (primary N) is 1. The van der Waals surface area contributed by atoms with Crippen molar-refractivity contribution >= 4 is 11.6 Å². The SMILES string of the molecule is CC1(CN=[N+]=[N-])COc2c1cc(C(CN)C(F)(F)F)nc2Cl. The number of hydrogen-bond acceptors (Lipinski definition) is 4. The van der Waals surface area contributed by atoms with Crippen LogP contribution in [0, 0.1) is 0 Å². The number of hydrogen-bond donors (Lipinski definition) is 1. The van der Waals surface area contributed by atoms with Crippen LogP contribution in [0.25, 0.3) is 10.4 Å². The van der Waals surface area contributed by atoms with Crippen molar-refractivity contribution in [2.24, 2.45) is 10.8 Å². The molecule has 0 amide bonds. The lowest BCUT2D eigenvalue weighted by atomic mass is 9.84. The third-order valence-corrected chi connectivity index (χ3v) is 3.86. The lowest BCUT2D eigenvalue weighted by molar-refractivity contribution is -0.148. The second kappa shape index (κ2) is 5.83. The molecule has 0 fully saturated rings. The van der Waals surface area contributed by atoms with Gasteiger partial charge in [0.1, 0.15) is 5.92 Å². The van der Waals surface area contributed by atoms with Gasteiger partial charge in [-0.1, -0.05) is 23.6 Å². The average molecular weight is 336 g/mol. The van der Waals surface area contributed by atoms with Gasteiger partial charge in [-0.05, 0) is 11.6 Å². The first-order valence-corrected chi connectivity index (χ1v) is 6.72. The molecular formula is C12H13ClF3N5O. The summed E-state index contributed by atoms with van der Waals surface area (Å²) in [7, 11) is 0. The summed E-state index contributed by atoms with van der Waals surface area (Å²) in [6.07, 6.45) is -4.53. The van der Waals surface area contributed by atoms with E-state index in [2.05, 4.69) is 15.0 Å². The maximum atomic E-state index is 13.0. The van der Waals surface area contributed by atoms with Crippen LogP contribution in [0.3, 0.4) is 0 Å². The number of alkyl halides is 3. The van der Waals surface area contributed by atoms with E-state index in [0.717, 1.165) is 0 Å². The van der Waals surface area contributed by atoms with Crippen molar-refractivity contribution in [1.29, 1.82) is 0 Å². The molecule has 22 heavy (non-hydrogen) atoms. The van der Waals surface area contributed by atoms with E-state index in [1.54, 1.807) is 6.92 Å². The monoisotopic (exact) mass is 335 g/mol. The Labute approximate surface area is 129 Å². The van der Waals surface area contributed by atoms with Crippen LogP contribution in [0.15, 0.2) is 11.2 Å². The van der Waals surface area contributed by atoms with Crippen LogP contribution in [0.2, 0.25) is 5.15 Å². The summed E-state index contributed by atoms with van der Waals surface area (Å²) in [5.41, 5.74) is 13.1. The molecule has 2 unspecified atom stereocenters. The smallest absolute Gasteiger partial charge is 0.398 e. The fourth-order valence-corrected chi connectivity index (χ4v) is 2.59. The Kier molecular flexibility index (Phi) is 4.42. The van der Waals surface area contributed by atoms with Crippen molar-refractivity contribution in [2.75, 3.05) is 19.7 Å². The number of rotatable bonds is 4. The highest BCUT2D eigenvalue weighted by atomic mass is 35.5. The van der Waals surface area contributed by atoms with E-state index >= 15 is 0 Å². The Bertz CT molecular complexity index is 632. The third kappa shape index (κ3) is 2.92. The Morgan fingerprint density at radius 1 is 1.64 bits per heavy atom. The minimum absolute atomic E-state index is 0.0373. The maximum absolute atomic E-state index is 13.0. The highest BCUT2D eigenvalue weighted by Gasteiger charge is 2.44. The Morgan fingerprint density at radius 2 is 2.32 bits per heavy atom. The lowest BCUT2D eigenvalue weighted by Crippen LogP contribution is -2.30. The second-order valence-corrected chi connectivity index (χ2v) is 5.64. The molecule has 0 aromatic carbocycles. The highest BCUT2D eigenvalue weighted by Crippen LogP contribution is 2.45. The zero-order valence-electron chi connectivity index (χ0n) is 11.6. The molecule has 10 heteroatoms. The number of azide groups is 1. The minimum atomic E-state index is -4.53. The normalized spacial score (nSPS) is 21.7. The van der Waals surface area contributed by atoms with Gasteiger partial charge in [0.15, 0.2) is 10.9 Å². The van der Waals surface area contributed by atoms with Crippen LogP contribution in [0.4, 0.5) is 13.2 Å². The summed E-state index contributed by atoms with van der Waals surface area (Å²) in [5, 5.41) is 3.33. The first-order valence-electron chi connectivity index (χ1n) is 6.34. The lowest BCUT2D eigenvalue weighted by Gasteiger charge is -2.22. The molecule has 0 aliphatic carbocycles. The van der Waals surface area contributed by atoms with Gasteiger partial charge < -0.3 is 10.5 Å². The van der Waals surface area contributed by atoms with Crippen LogP contribution in [0.5, 0.6) is 5.75 Å². The van der Waals surface area contributed by atoms with Crippen LogP contribution >= 0.6 is 11.6 Å². The van der Waals surface area contributed by atoms with Crippen LogP contribution in [-0.2, 0) is 5.41 Å². The number of halogens is 4. The molecule has 1 aliphatic heterocycles. The molecule has 2 rings (SSSR count). The molecule has 0 radical (unpaired) electrons. The Balaban J connectivity index is 2.53. The molecule has 2 N–H and O–H groups in total. The van der Waals surface area contributed by atoms with Gasteiger partial charge in [-0.15, -0.1) is 0 Å². The predicted molar refractivity (Wildman–Crippen MR) is 74.0 cm³/mol. The van der Waals surface area contributed by atoms with Crippen molar-refractivity contribution in [3.8, 4) is 5.75 Å². The molecule has 0 saturated carbocycles. The van der Waals surface area contributed by atoms with Crippen molar-refractivity contribution in [3.05, 3.63) is 32.9 Å². The predicted octanol–water partition coefficient (Wildman–Crippen LogP) is 3.30. The van der Waals surface area contributed by atoms with E-state index in [1.807, 2.05) is 0 Å². The van der Waals surface area contributed by atoms with E-state index < -0.39 is 24.1 Å². The van der Waals surface area contributed by atoms with Gasteiger partial charge in [0.05, 0.1) is 12.3 Å². The van der Waals surface area contributed by atoms with Gasteiger partial charge >= 0.3 is 6.18 Å². The van der Waals surface area contributed by atoms with Gasteiger partial charge in [0, 0.05) is 29.0 Å². The molecule has 1 aliphatic rings. The largest absolute Gasteiger partial charge is 0.489 e. The average Bonchev–Trinajstić information content (AvgIpc) is 2.75. The zero-order valence-corrected chi connectivity index (χ0v) is 12.3. The number of pyridine rings is 1. The standard InChI is InChI=1S/C12H13ClF3N5O/c1-11(4-19-21-18)5-22-9-6(11)2-8(20-10(9)13)7(3-17)12(14,15)16/h2,7H,3-5,17H2,1H3. The van der Waals surface area contributed by atoms with E-state index in [0.29, 0.717) is 5.56 Å². The summed E-state index contributed by atoms with van der Waals surface area (Å²) in [6, 6.07) is 1.28. The Morgan fingerprint density at radius 3 is 2.86 bits per heavy atom. The molecule has 0 bridgehead atoms. The molecule has 2 atom stereocenters. The summed E-state index contributed by atoms with van der Waals surface area (Å²) in [6.45, 7) is 1.26. The maximum Gasteiger partial charge on any atom is 0.398 e. The van der Waals surface area contributed by atoms with E-state index in [1.165, 1.54) is 6.07 Å². The fourth-order valence-electron chi connectivity index (χ4n) is 2.33. The fraction of sp³-hybridized carbons (Fsp3) is 0.583. The second-order valence-electron chi connectivity index (χ2n) is 5.28. The van der Waals surface area contributed by atoms with Crippen molar-refractivity contribution in [1.82, 2.24) is 4.98 Å². The van der Waals surface area contributed by atoms with Crippen molar-refractivity contribution in [2.45, 2.75) is 24.4 Å². The molecule has 6 nitrogen and oxygen atoms in total. The quantitative estimate of drug-likeness (QED) is 0.395. The number of fused-ring (bicyclic) bond motifs is 1. The summed E-state index contributed by atoms with van der Waals surface area (Å²) < 4.78 is 44.5. The number of ether oxygens (including phenoxy) is 1. The molecule has 2 heterocycles. The molecule has 0 spiro atoms. The van der Waals surface area contributed by atoms with Gasteiger partial charge in [0.25, 0.3) is 0 Å². The highest BCUT2D eigenvalue weighted by molar-refractivity contribution is 6.31. The van der Waals surface area contributed by atoms with Crippen molar-refractivity contribution < 1.29 is 17.9 Å². The third-order valence-electron chi connectivity index (χ3n) is 3.61. The topological polar surface area (TPSA) is 96.9 Å². The van der Waals surface area contributed by atoms with Gasteiger partial charge in [-0.2, -0.15) is 13.2 Å². The van der Waals surface area contributed by atoms with E-state index in [-0.39, 0.29) is 29.7 Å². The van der Waals surface area contributed by atoms with Gasteiger partial charge in [-0.25, -0.2) is 4.98 Å².